The van der Waals surface area contributed by atoms with Crippen LogP contribution >= 0.6 is 0 Å². The third kappa shape index (κ3) is 5.17. The summed E-state index contributed by atoms with van der Waals surface area (Å²) in [6, 6.07) is 0. The number of nitrogens with zero attached hydrogens (tertiary/aromatic N) is 1. The molecular weight excluding hydrogens is 222 g/mol. The van der Waals surface area contributed by atoms with Crippen LogP contribution in [0.3, 0.4) is 0 Å². The predicted molar refractivity (Wildman–Crippen MR) is 62.6 cm³/mol. The molecule has 0 aromatic heterocycles. The molecule has 0 radical (unpaired) electrons. The summed E-state index contributed by atoms with van der Waals surface area (Å²) in [7, 11) is 0. The van der Waals surface area contributed by atoms with E-state index in [0.717, 1.165) is 6.42 Å². The Morgan fingerprint density at radius 1 is 1.47 bits per heavy atom. The Labute approximate surface area is 102 Å². The van der Waals surface area contributed by atoms with Crippen LogP contribution in [-0.4, -0.2) is 48.2 Å². The molecular formula is C12H21NO4. The number of carboxylic acid groups (broad SMARTS) is 1. The van der Waals surface area contributed by atoms with E-state index in [-0.39, 0.29) is 24.3 Å². The predicted octanol–water partition coefficient (Wildman–Crippen LogP) is 0.982. The minimum absolute atomic E-state index is 0.0726. The van der Waals surface area contributed by atoms with Crippen LogP contribution in [0.15, 0.2) is 0 Å². The molecule has 98 valence electrons. The van der Waals surface area contributed by atoms with E-state index in [4.69, 9.17) is 9.84 Å². The first kappa shape index (κ1) is 14.0. The highest BCUT2D eigenvalue weighted by molar-refractivity contribution is 5.81. The largest absolute Gasteiger partial charge is 0.480 e. The molecule has 1 heterocycles. The fourth-order valence-corrected chi connectivity index (χ4v) is 1.98. The highest BCUT2D eigenvalue weighted by atomic mass is 16.5. The molecule has 1 saturated heterocycles. The molecule has 1 unspecified atom stereocenters. The van der Waals surface area contributed by atoms with Crippen molar-refractivity contribution in [3.05, 3.63) is 0 Å². The summed E-state index contributed by atoms with van der Waals surface area (Å²) in [6.07, 6.45) is 1.30. The summed E-state index contributed by atoms with van der Waals surface area (Å²) in [6.45, 7) is 5.57. The fourth-order valence-electron chi connectivity index (χ4n) is 1.98. The van der Waals surface area contributed by atoms with Gasteiger partial charge in [0, 0.05) is 26.2 Å². The van der Waals surface area contributed by atoms with Crippen LogP contribution in [0.5, 0.6) is 0 Å². The smallest absolute Gasteiger partial charge is 0.323 e. The number of carboxylic acids is 1. The van der Waals surface area contributed by atoms with E-state index in [9.17, 15) is 9.59 Å². The Balaban J connectivity index is 2.48. The zero-order valence-corrected chi connectivity index (χ0v) is 10.5. The fraction of sp³-hybridized carbons (Fsp3) is 0.833. The van der Waals surface area contributed by atoms with Gasteiger partial charge >= 0.3 is 5.97 Å². The molecule has 0 aliphatic carbocycles. The Kier molecular flexibility index (Phi) is 5.41. The lowest BCUT2D eigenvalue weighted by molar-refractivity contribution is -0.145. The van der Waals surface area contributed by atoms with E-state index >= 15 is 0 Å². The van der Waals surface area contributed by atoms with Gasteiger partial charge in [-0.15, -0.1) is 0 Å². The van der Waals surface area contributed by atoms with Crippen molar-refractivity contribution in [1.29, 1.82) is 0 Å². The second-order valence-corrected chi connectivity index (χ2v) is 5.00. The molecule has 0 aromatic carbocycles. The lowest BCUT2D eigenvalue weighted by atomic mass is 10.0. The van der Waals surface area contributed by atoms with Gasteiger partial charge in [-0.25, -0.2) is 0 Å². The molecule has 5 heteroatoms. The molecule has 1 atom stereocenters. The van der Waals surface area contributed by atoms with Crippen molar-refractivity contribution >= 4 is 11.9 Å². The van der Waals surface area contributed by atoms with Gasteiger partial charge in [-0.05, 0) is 18.3 Å². The molecule has 0 saturated carbocycles. The van der Waals surface area contributed by atoms with Gasteiger partial charge in [0.1, 0.15) is 6.54 Å². The molecule has 1 rings (SSSR count). The van der Waals surface area contributed by atoms with Gasteiger partial charge in [0.2, 0.25) is 5.91 Å². The van der Waals surface area contributed by atoms with Crippen molar-refractivity contribution in [1.82, 2.24) is 4.90 Å². The topological polar surface area (TPSA) is 66.8 Å². The van der Waals surface area contributed by atoms with Crippen LogP contribution in [0, 0.1) is 11.8 Å². The summed E-state index contributed by atoms with van der Waals surface area (Å²) in [5.74, 6) is -0.498. The molecule has 1 N–H and O–H groups in total. The molecule has 0 bridgehead atoms. The number of ether oxygens (including phenoxy) is 1. The van der Waals surface area contributed by atoms with E-state index in [0.29, 0.717) is 26.2 Å². The Morgan fingerprint density at radius 3 is 2.65 bits per heavy atom. The van der Waals surface area contributed by atoms with E-state index < -0.39 is 5.97 Å². The number of aliphatic carboxylic acids is 1. The third-order valence-electron chi connectivity index (χ3n) is 2.75. The van der Waals surface area contributed by atoms with Gasteiger partial charge in [0.25, 0.3) is 0 Å². The maximum absolute atomic E-state index is 12.0. The number of hydrogen-bond acceptors (Lipinski definition) is 3. The van der Waals surface area contributed by atoms with E-state index in [1.165, 1.54) is 4.90 Å². The molecule has 1 aliphatic rings. The molecule has 1 fully saturated rings. The molecule has 17 heavy (non-hydrogen) atoms. The summed E-state index contributed by atoms with van der Waals surface area (Å²) in [4.78, 5) is 24.1. The van der Waals surface area contributed by atoms with Crippen LogP contribution in [0.1, 0.15) is 26.7 Å². The summed E-state index contributed by atoms with van der Waals surface area (Å²) in [5.41, 5.74) is 0. The quantitative estimate of drug-likeness (QED) is 0.755. The standard InChI is InChI=1S/C12H21NO4/c1-9(2)6-13(7-12(15)16)11(14)5-10-3-4-17-8-10/h9-10H,3-8H2,1-2H3,(H,15,16). The van der Waals surface area contributed by atoms with Gasteiger partial charge in [0.15, 0.2) is 0 Å². The van der Waals surface area contributed by atoms with Crippen molar-refractivity contribution < 1.29 is 19.4 Å². The highest BCUT2D eigenvalue weighted by Gasteiger charge is 2.24. The zero-order valence-electron chi connectivity index (χ0n) is 10.5. The first-order valence-corrected chi connectivity index (χ1v) is 6.06. The van der Waals surface area contributed by atoms with Crippen molar-refractivity contribution in [2.45, 2.75) is 26.7 Å². The molecule has 1 amide bonds. The number of carbonyl (C=O) groups is 2. The monoisotopic (exact) mass is 243 g/mol. The number of carbonyl (C=O) groups excluding carboxylic acids is 1. The van der Waals surface area contributed by atoms with E-state index in [1.807, 2.05) is 13.8 Å². The summed E-state index contributed by atoms with van der Waals surface area (Å²) in [5, 5.41) is 8.79. The average molecular weight is 243 g/mol. The van der Waals surface area contributed by atoms with Crippen LogP contribution in [-0.2, 0) is 14.3 Å². The Hall–Kier alpha value is -1.10. The Morgan fingerprint density at radius 2 is 2.18 bits per heavy atom. The molecule has 5 nitrogen and oxygen atoms in total. The van der Waals surface area contributed by atoms with Crippen LogP contribution in [0.2, 0.25) is 0 Å². The molecule has 0 spiro atoms. The normalized spacial score (nSPS) is 19.6. The van der Waals surface area contributed by atoms with Gasteiger partial charge in [-0.3, -0.25) is 9.59 Å². The Bertz CT molecular complexity index is 272. The number of hydrogen-bond donors (Lipinski definition) is 1. The van der Waals surface area contributed by atoms with Gasteiger partial charge < -0.3 is 14.7 Å². The van der Waals surface area contributed by atoms with Crippen molar-refractivity contribution in [3.63, 3.8) is 0 Å². The maximum atomic E-state index is 12.0. The number of rotatable bonds is 6. The second kappa shape index (κ2) is 6.59. The highest BCUT2D eigenvalue weighted by Crippen LogP contribution is 2.17. The minimum atomic E-state index is -0.957. The lowest BCUT2D eigenvalue weighted by Gasteiger charge is -2.23. The van der Waals surface area contributed by atoms with E-state index in [1.54, 1.807) is 0 Å². The van der Waals surface area contributed by atoms with Crippen molar-refractivity contribution in [2.24, 2.45) is 11.8 Å². The van der Waals surface area contributed by atoms with Gasteiger partial charge in [0.05, 0.1) is 0 Å². The van der Waals surface area contributed by atoms with Crippen LogP contribution < -0.4 is 0 Å². The summed E-state index contributed by atoms with van der Waals surface area (Å²) >= 11 is 0. The zero-order chi connectivity index (χ0) is 12.8. The minimum Gasteiger partial charge on any atom is -0.480 e. The second-order valence-electron chi connectivity index (χ2n) is 5.00. The van der Waals surface area contributed by atoms with Crippen LogP contribution in [0.25, 0.3) is 0 Å². The van der Waals surface area contributed by atoms with Crippen molar-refractivity contribution in [3.8, 4) is 0 Å². The third-order valence-corrected chi connectivity index (χ3v) is 2.75. The van der Waals surface area contributed by atoms with Crippen molar-refractivity contribution in [2.75, 3.05) is 26.3 Å². The molecule has 0 aromatic rings. The number of amides is 1. The SMILES string of the molecule is CC(C)CN(CC(=O)O)C(=O)CC1CCOC1. The first-order chi connectivity index (χ1) is 7.99. The maximum Gasteiger partial charge on any atom is 0.323 e. The van der Waals surface area contributed by atoms with Gasteiger partial charge in [-0.1, -0.05) is 13.8 Å². The van der Waals surface area contributed by atoms with E-state index in [2.05, 4.69) is 0 Å². The molecule has 1 aliphatic heterocycles. The average Bonchev–Trinajstić information content (AvgIpc) is 2.67. The summed E-state index contributed by atoms with van der Waals surface area (Å²) < 4.78 is 5.21. The van der Waals surface area contributed by atoms with Crippen LogP contribution in [0.4, 0.5) is 0 Å². The lowest BCUT2D eigenvalue weighted by Crippen LogP contribution is -2.39. The van der Waals surface area contributed by atoms with Gasteiger partial charge in [-0.2, -0.15) is 0 Å². The first-order valence-electron chi connectivity index (χ1n) is 6.06.